The van der Waals surface area contributed by atoms with Crippen LogP contribution < -0.4 is 10.1 Å². The normalized spacial score (nSPS) is 12.0. The topological polar surface area (TPSA) is 58.6 Å². The SMILES string of the molecule is CC(O)c1ccccc1NC(=O)Cc1ccc(OC(F)F)cc1. The molecule has 1 unspecified atom stereocenters. The van der Waals surface area contributed by atoms with Crippen molar-refractivity contribution in [1.82, 2.24) is 0 Å². The van der Waals surface area contributed by atoms with Crippen LogP contribution in [0.5, 0.6) is 5.75 Å². The molecule has 0 aliphatic heterocycles. The zero-order valence-electron chi connectivity index (χ0n) is 12.5. The second-order valence-electron chi connectivity index (χ2n) is 5.01. The molecule has 1 amide bonds. The van der Waals surface area contributed by atoms with E-state index < -0.39 is 12.7 Å². The zero-order chi connectivity index (χ0) is 16.8. The van der Waals surface area contributed by atoms with E-state index in [0.29, 0.717) is 16.8 Å². The largest absolute Gasteiger partial charge is 0.435 e. The Morgan fingerprint density at radius 2 is 1.83 bits per heavy atom. The molecule has 2 rings (SSSR count). The number of ether oxygens (including phenoxy) is 1. The predicted octanol–water partition coefficient (Wildman–Crippen LogP) is 3.52. The minimum absolute atomic E-state index is 0.0450. The molecule has 0 fully saturated rings. The number of alkyl halides is 2. The Bertz CT molecular complexity index is 657. The quantitative estimate of drug-likeness (QED) is 0.856. The van der Waals surface area contributed by atoms with Crippen molar-refractivity contribution < 1.29 is 23.4 Å². The zero-order valence-corrected chi connectivity index (χ0v) is 12.5. The predicted molar refractivity (Wildman–Crippen MR) is 82.5 cm³/mol. The fourth-order valence-corrected chi connectivity index (χ4v) is 2.14. The molecule has 2 aromatic carbocycles. The van der Waals surface area contributed by atoms with Gasteiger partial charge in [-0.2, -0.15) is 8.78 Å². The van der Waals surface area contributed by atoms with Gasteiger partial charge in [0.05, 0.1) is 12.5 Å². The van der Waals surface area contributed by atoms with E-state index in [9.17, 15) is 18.7 Å². The first-order valence-electron chi connectivity index (χ1n) is 7.06. The van der Waals surface area contributed by atoms with Crippen molar-refractivity contribution >= 4 is 11.6 Å². The molecular formula is C17H17F2NO3. The Morgan fingerprint density at radius 1 is 1.17 bits per heavy atom. The highest BCUT2D eigenvalue weighted by Gasteiger charge is 2.11. The van der Waals surface area contributed by atoms with Gasteiger partial charge in [-0.05, 0) is 30.7 Å². The molecule has 2 N–H and O–H groups in total. The van der Waals surface area contributed by atoms with Gasteiger partial charge in [0.15, 0.2) is 0 Å². The van der Waals surface area contributed by atoms with Crippen LogP contribution in [-0.4, -0.2) is 17.6 Å². The fraction of sp³-hybridized carbons (Fsp3) is 0.235. The summed E-state index contributed by atoms with van der Waals surface area (Å²) in [6, 6.07) is 12.9. The van der Waals surface area contributed by atoms with E-state index in [4.69, 9.17) is 0 Å². The number of anilines is 1. The molecular weight excluding hydrogens is 304 g/mol. The van der Waals surface area contributed by atoms with E-state index in [0.717, 1.165) is 0 Å². The molecule has 0 aliphatic carbocycles. The van der Waals surface area contributed by atoms with Gasteiger partial charge in [0, 0.05) is 11.3 Å². The van der Waals surface area contributed by atoms with Crippen LogP contribution in [0.1, 0.15) is 24.2 Å². The number of carbonyl (C=O) groups is 1. The number of benzene rings is 2. The van der Waals surface area contributed by atoms with Gasteiger partial charge in [-0.25, -0.2) is 0 Å². The summed E-state index contributed by atoms with van der Waals surface area (Å²) in [5.41, 5.74) is 1.84. The Kier molecular flexibility index (Phi) is 5.65. The highest BCUT2D eigenvalue weighted by molar-refractivity contribution is 5.93. The summed E-state index contributed by atoms with van der Waals surface area (Å²) in [7, 11) is 0. The monoisotopic (exact) mass is 321 g/mol. The van der Waals surface area contributed by atoms with Crippen LogP contribution in [0.4, 0.5) is 14.5 Å². The van der Waals surface area contributed by atoms with Gasteiger partial charge in [-0.1, -0.05) is 30.3 Å². The molecule has 1 atom stereocenters. The number of para-hydroxylation sites is 1. The summed E-state index contributed by atoms with van der Waals surface area (Å²) >= 11 is 0. The average Bonchev–Trinajstić information content (AvgIpc) is 2.49. The van der Waals surface area contributed by atoms with E-state index in [1.54, 1.807) is 43.3 Å². The van der Waals surface area contributed by atoms with Crippen LogP contribution in [0.15, 0.2) is 48.5 Å². The van der Waals surface area contributed by atoms with E-state index >= 15 is 0 Å². The summed E-state index contributed by atoms with van der Waals surface area (Å²) in [4.78, 5) is 12.1. The van der Waals surface area contributed by atoms with E-state index in [2.05, 4.69) is 10.1 Å². The molecule has 0 radical (unpaired) electrons. The van der Waals surface area contributed by atoms with Crippen molar-refractivity contribution in [1.29, 1.82) is 0 Å². The van der Waals surface area contributed by atoms with Crippen LogP contribution in [-0.2, 0) is 11.2 Å². The third kappa shape index (κ3) is 5.03. The standard InChI is InChI=1S/C17H17F2NO3/c1-11(21)14-4-2-3-5-15(14)20-16(22)10-12-6-8-13(9-7-12)23-17(18)19/h2-9,11,17,21H,10H2,1H3,(H,20,22). The summed E-state index contributed by atoms with van der Waals surface area (Å²) in [5, 5.41) is 12.4. The average molecular weight is 321 g/mol. The number of nitrogens with one attached hydrogen (secondary N) is 1. The number of amides is 1. The van der Waals surface area contributed by atoms with Gasteiger partial charge in [-0.15, -0.1) is 0 Å². The molecule has 2 aromatic rings. The molecule has 0 saturated heterocycles. The number of carbonyl (C=O) groups excluding carboxylic acids is 1. The van der Waals surface area contributed by atoms with Crippen molar-refractivity contribution in [2.45, 2.75) is 26.1 Å². The van der Waals surface area contributed by atoms with Crippen LogP contribution in [0.3, 0.4) is 0 Å². The summed E-state index contributed by atoms with van der Waals surface area (Å²) in [6.45, 7) is -1.26. The van der Waals surface area contributed by atoms with Crippen LogP contribution in [0.2, 0.25) is 0 Å². The maximum atomic E-state index is 12.1. The minimum atomic E-state index is -2.87. The smallest absolute Gasteiger partial charge is 0.387 e. The lowest BCUT2D eigenvalue weighted by atomic mass is 10.1. The van der Waals surface area contributed by atoms with Crippen molar-refractivity contribution in [2.24, 2.45) is 0 Å². The second-order valence-corrected chi connectivity index (χ2v) is 5.01. The van der Waals surface area contributed by atoms with Gasteiger partial charge >= 0.3 is 6.61 Å². The number of aliphatic hydroxyl groups is 1. The van der Waals surface area contributed by atoms with Crippen molar-refractivity contribution in [3.05, 3.63) is 59.7 Å². The van der Waals surface area contributed by atoms with Crippen molar-refractivity contribution in [3.8, 4) is 5.75 Å². The van der Waals surface area contributed by atoms with E-state index in [1.807, 2.05) is 0 Å². The summed E-state index contributed by atoms with van der Waals surface area (Å²) < 4.78 is 28.4. The molecule has 4 nitrogen and oxygen atoms in total. The second kappa shape index (κ2) is 7.69. The lowest BCUT2D eigenvalue weighted by Crippen LogP contribution is -2.16. The lowest BCUT2D eigenvalue weighted by Gasteiger charge is -2.13. The van der Waals surface area contributed by atoms with Gasteiger partial charge in [0.25, 0.3) is 0 Å². The molecule has 0 saturated carbocycles. The number of rotatable bonds is 6. The number of hydrogen-bond acceptors (Lipinski definition) is 3. The number of aliphatic hydroxyl groups excluding tert-OH is 1. The molecule has 0 aromatic heterocycles. The first-order valence-corrected chi connectivity index (χ1v) is 7.06. The van der Waals surface area contributed by atoms with Crippen LogP contribution in [0.25, 0.3) is 0 Å². The molecule has 23 heavy (non-hydrogen) atoms. The molecule has 6 heteroatoms. The maximum Gasteiger partial charge on any atom is 0.387 e. The molecule has 0 heterocycles. The Labute approximate surface area is 132 Å². The van der Waals surface area contributed by atoms with Crippen molar-refractivity contribution in [3.63, 3.8) is 0 Å². The van der Waals surface area contributed by atoms with E-state index in [-0.39, 0.29) is 18.1 Å². The third-order valence-corrected chi connectivity index (χ3v) is 3.20. The van der Waals surface area contributed by atoms with Crippen LogP contribution in [0, 0.1) is 0 Å². The Morgan fingerprint density at radius 3 is 2.43 bits per heavy atom. The van der Waals surface area contributed by atoms with Gasteiger partial charge in [0.2, 0.25) is 5.91 Å². The lowest BCUT2D eigenvalue weighted by molar-refractivity contribution is -0.115. The first-order chi connectivity index (χ1) is 11.0. The molecule has 0 aliphatic rings. The van der Waals surface area contributed by atoms with Gasteiger partial charge in [0.1, 0.15) is 5.75 Å². The summed E-state index contributed by atoms with van der Waals surface area (Å²) in [6.07, 6.45) is -0.611. The third-order valence-electron chi connectivity index (χ3n) is 3.20. The first kappa shape index (κ1) is 16.9. The Balaban J connectivity index is 2.00. The molecule has 0 bridgehead atoms. The Hall–Kier alpha value is -2.47. The van der Waals surface area contributed by atoms with Gasteiger partial charge in [-0.3, -0.25) is 4.79 Å². The number of hydrogen-bond donors (Lipinski definition) is 2. The fourth-order valence-electron chi connectivity index (χ4n) is 2.14. The van der Waals surface area contributed by atoms with E-state index in [1.165, 1.54) is 12.1 Å². The number of halogens is 2. The van der Waals surface area contributed by atoms with Crippen molar-refractivity contribution in [2.75, 3.05) is 5.32 Å². The highest BCUT2D eigenvalue weighted by Crippen LogP contribution is 2.22. The van der Waals surface area contributed by atoms with Gasteiger partial charge < -0.3 is 15.2 Å². The maximum absolute atomic E-state index is 12.1. The van der Waals surface area contributed by atoms with Crippen LogP contribution >= 0.6 is 0 Å². The summed E-state index contributed by atoms with van der Waals surface area (Å²) in [5.74, 6) is -0.218. The highest BCUT2D eigenvalue weighted by atomic mass is 19.3. The molecule has 0 spiro atoms. The minimum Gasteiger partial charge on any atom is -0.435 e. The molecule has 122 valence electrons.